The van der Waals surface area contributed by atoms with Crippen LogP contribution in [0.4, 0.5) is 0 Å². The van der Waals surface area contributed by atoms with Crippen LogP contribution in [0.3, 0.4) is 0 Å². The zero-order chi connectivity index (χ0) is 15.0. The summed E-state index contributed by atoms with van der Waals surface area (Å²) in [4.78, 5) is 15.4. The summed E-state index contributed by atoms with van der Waals surface area (Å²) in [5.41, 5.74) is 4.68. The van der Waals surface area contributed by atoms with Crippen LogP contribution in [0.5, 0.6) is 0 Å². The number of aromatic nitrogens is 1. The predicted molar refractivity (Wildman–Crippen MR) is 83.1 cm³/mol. The molecule has 0 saturated carbocycles. The van der Waals surface area contributed by atoms with Gasteiger partial charge in [-0.1, -0.05) is 29.8 Å². The molecule has 4 nitrogen and oxygen atoms in total. The van der Waals surface area contributed by atoms with Gasteiger partial charge in [-0.25, -0.2) is 0 Å². The zero-order valence-corrected chi connectivity index (χ0v) is 12.6. The van der Waals surface area contributed by atoms with E-state index in [1.165, 1.54) is 23.6 Å². The van der Waals surface area contributed by atoms with Gasteiger partial charge in [0.25, 0.3) is 0 Å². The van der Waals surface area contributed by atoms with Gasteiger partial charge in [-0.2, -0.15) is 0 Å². The number of esters is 1. The fraction of sp³-hybridized carbons (Fsp3) is 0.353. The Hall–Kier alpha value is -2.07. The van der Waals surface area contributed by atoms with Gasteiger partial charge in [0.05, 0.1) is 13.2 Å². The molecular formula is C17H20N2O2. The Labute approximate surface area is 124 Å². The average molecular weight is 284 g/mol. The van der Waals surface area contributed by atoms with E-state index in [0.717, 1.165) is 11.2 Å². The van der Waals surface area contributed by atoms with Crippen molar-refractivity contribution in [2.45, 2.75) is 32.4 Å². The first-order valence-corrected chi connectivity index (χ1v) is 7.18. The number of benzene rings is 1. The van der Waals surface area contributed by atoms with Crippen LogP contribution in [0.15, 0.2) is 35.9 Å². The third kappa shape index (κ3) is 2.47. The minimum absolute atomic E-state index is 0.00949. The molecule has 2 N–H and O–H groups in total. The second-order valence-corrected chi connectivity index (χ2v) is 5.73. The van der Waals surface area contributed by atoms with Crippen molar-refractivity contribution in [3.05, 3.63) is 47.2 Å². The highest BCUT2D eigenvalue weighted by atomic mass is 16.5. The van der Waals surface area contributed by atoms with E-state index in [9.17, 15) is 4.79 Å². The Morgan fingerprint density at radius 1 is 1.33 bits per heavy atom. The van der Waals surface area contributed by atoms with Crippen LogP contribution in [0.1, 0.15) is 31.1 Å². The van der Waals surface area contributed by atoms with Crippen LogP contribution < -0.4 is 5.32 Å². The van der Waals surface area contributed by atoms with Crippen LogP contribution in [0.2, 0.25) is 0 Å². The molecule has 2 heterocycles. The molecule has 1 aromatic heterocycles. The van der Waals surface area contributed by atoms with E-state index in [4.69, 9.17) is 4.74 Å². The molecule has 110 valence electrons. The molecule has 0 saturated heterocycles. The quantitative estimate of drug-likeness (QED) is 0.658. The maximum Gasteiger partial charge on any atom is 0.323 e. The molecule has 3 rings (SSSR count). The highest BCUT2D eigenvalue weighted by molar-refractivity contribution is 5.87. The van der Waals surface area contributed by atoms with E-state index in [0.29, 0.717) is 6.42 Å². The van der Waals surface area contributed by atoms with E-state index in [1.54, 1.807) is 0 Å². The molecule has 2 aromatic rings. The number of nitrogens with one attached hydrogen (secondary N) is 2. The Morgan fingerprint density at radius 2 is 2.10 bits per heavy atom. The number of methoxy groups -OCH3 is 1. The van der Waals surface area contributed by atoms with Crippen LogP contribution in [-0.4, -0.2) is 24.1 Å². The molecule has 0 spiro atoms. The summed E-state index contributed by atoms with van der Waals surface area (Å²) >= 11 is 0. The van der Waals surface area contributed by atoms with Gasteiger partial charge in [0.15, 0.2) is 0 Å². The van der Waals surface area contributed by atoms with Crippen LogP contribution in [-0.2, 0) is 16.0 Å². The molecule has 0 unspecified atom stereocenters. The van der Waals surface area contributed by atoms with E-state index in [2.05, 4.69) is 42.4 Å². The van der Waals surface area contributed by atoms with E-state index >= 15 is 0 Å². The highest BCUT2D eigenvalue weighted by Crippen LogP contribution is 2.33. The van der Waals surface area contributed by atoms with Crippen molar-refractivity contribution in [1.29, 1.82) is 0 Å². The van der Waals surface area contributed by atoms with Crippen molar-refractivity contribution in [1.82, 2.24) is 10.3 Å². The van der Waals surface area contributed by atoms with Gasteiger partial charge in [-0.3, -0.25) is 10.1 Å². The molecule has 1 aliphatic rings. The Kier molecular flexibility index (Phi) is 3.55. The van der Waals surface area contributed by atoms with E-state index < -0.39 is 0 Å². The lowest BCUT2D eigenvalue weighted by Crippen LogP contribution is -2.44. The predicted octanol–water partition coefficient (Wildman–Crippen LogP) is 2.86. The van der Waals surface area contributed by atoms with E-state index in [-0.39, 0.29) is 18.1 Å². The zero-order valence-electron chi connectivity index (χ0n) is 12.6. The van der Waals surface area contributed by atoms with Crippen molar-refractivity contribution >= 4 is 16.9 Å². The number of carbonyl (C=O) groups excluding carboxylic acids is 1. The minimum Gasteiger partial charge on any atom is -0.468 e. The number of para-hydroxylation sites is 1. The summed E-state index contributed by atoms with van der Waals surface area (Å²) < 4.78 is 4.91. The Balaban J connectivity index is 2.12. The van der Waals surface area contributed by atoms with Gasteiger partial charge in [-0.05, 0) is 25.5 Å². The van der Waals surface area contributed by atoms with Crippen molar-refractivity contribution in [3.8, 4) is 0 Å². The number of hydrogen-bond donors (Lipinski definition) is 2. The molecule has 2 atom stereocenters. The molecule has 21 heavy (non-hydrogen) atoms. The fourth-order valence-electron chi connectivity index (χ4n) is 3.03. The third-order valence-corrected chi connectivity index (χ3v) is 3.93. The van der Waals surface area contributed by atoms with E-state index in [1.807, 2.05) is 12.1 Å². The largest absolute Gasteiger partial charge is 0.468 e. The average Bonchev–Trinajstić information content (AvgIpc) is 2.85. The molecular weight excluding hydrogens is 264 g/mol. The molecule has 0 bridgehead atoms. The van der Waals surface area contributed by atoms with Gasteiger partial charge in [0.1, 0.15) is 6.04 Å². The monoisotopic (exact) mass is 284 g/mol. The Bertz CT molecular complexity index is 711. The van der Waals surface area contributed by atoms with Crippen molar-refractivity contribution in [3.63, 3.8) is 0 Å². The molecule has 0 radical (unpaired) electrons. The first-order valence-electron chi connectivity index (χ1n) is 7.18. The fourth-order valence-corrected chi connectivity index (χ4v) is 3.03. The lowest BCUT2D eigenvalue weighted by Gasteiger charge is -2.28. The number of H-pyrrole nitrogens is 1. The normalized spacial score (nSPS) is 20.9. The number of rotatable bonds is 2. The number of aromatic amines is 1. The summed E-state index contributed by atoms with van der Waals surface area (Å²) in [6, 6.07) is 7.93. The van der Waals surface area contributed by atoms with Crippen LogP contribution >= 0.6 is 0 Å². The minimum atomic E-state index is -0.303. The smallest absolute Gasteiger partial charge is 0.323 e. The van der Waals surface area contributed by atoms with Crippen LogP contribution in [0, 0.1) is 0 Å². The number of fused-ring (bicyclic) bond motifs is 3. The van der Waals surface area contributed by atoms with Gasteiger partial charge in [-0.15, -0.1) is 0 Å². The highest BCUT2D eigenvalue weighted by Gasteiger charge is 2.32. The summed E-state index contributed by atoms with van der Waals surface area (Å²) in [6.45, 7) is 4.12. The lowest BCUT2D eigenvalue weighted by atomic mass is 9.93. The molecule has 0 fully saturated rings. The maximum atomic E-state index is 12.0. The number of allylic oxidation sites excluding steroid dienone is 1. The Morgan fingerprint density at radius 3 is 2.81 bits per heavy atom. The maximum absolute atomic E-state index is 12.0. The number of ether oxygens (including phenoxy) is 1. The number of carbonyl (C=O) groups is 1. The van der Waals surface area contributed by atoms with Gasteiger partial charge >= 0.3 is 5.97 Å². The summed E-state index contributed by atoms with van der Waals surface area (Å²) in [6.07, 6.45) is 2.79. The van der Waals surface area contributed by atoms with Crippen molar-refractivity contribution in [2.24, 2.45) is 0 Å². The van der Waals surface area contributed by atoms with Gasteiger partial charge in [0.2, 0.25) is 0 Å². The molecule has 0 amide bonds. The SMILES string of the molecule is COC(=O)[C@H]1Cc2c([nH]c3ccccc23)[C@@H](C=C(C)C)N1. The van der Waals surface area contributed by atoms with Gasteiger partial charge in [0, 0.05) is 23.0 Å². The summed E-state index contributed by atoms with van der Waals surface area (Å²) in [5.74, 6) is -0.210. The third-order valence-electron chi connectivity index (χ3n) is 3.93. The van der Waals surface area contributed by atoms with Gasteiger partial charge < -0.3 is 9.72 Å². The first kappa shape index (κ1) is 13.9. The standard InChI is InChI=1S/C17H20N2O2/c1-10(2)8-14-16-12(9-15(18-14)17(20)21-3)11-6-4-5-7-13(11)19-16/h4-8,14-15,18-19H,9H2,1-3H3/t14-,15-/m1/s1. The molecule has 0 aliphatic carbocycles. The van der Waals surface area contributed by atoms with Crippen molar-refractivity contribution in [2.75, 3.05) is 7.11 Å². The first-order chi connectivity index (χ1) is 10.1. The van der Waals surface area contributed by atoms with Crippen LogP contribution in [0.25, 0.3) is 10.9 Å². The lowest BCUT2D eigenvalue weighted by molar-refractivity contribution is -0.143. The number of hydrogen-bond acceptors (Lipinski definition) is 3. The van der Waals surface area contributed by atoms with Crippen molar-refractivity contribution < 1.29 is 9.53 Å². The topological polar surface area (TPSA) is 54.1 Å². The molecule has 1 aromatic carbocycles. The molecule has 4 heteroatoms. The second-order valence-electron chi connectivity index (χ2n) is 5.73. The summed E-state index contributed by atoms with van der Waals surface area (Å²) in [5, 5.41) is 4.56. The second kappa shape index (κ2) is 5.37. The molecule has 1 aliphatic heterocycles. The summed E-state index contributed by atoms with van der Waals surface area (Å²) in [7, 11) is 1.44.